The van der Waals surface area contributed by atoms with Crippen LogP contribution in [0.2, 0.25) is 0 Å². The van der Waals surface area contributed by atoms with Crippen molar-refractivity contribution in [2.75, 3.05) is 30.9 Å². The molecule has 23 heavy (non-hydrogen) atoms. The third-order valence-corrected chi connectivity index (χ3v) is 3.79. The van der Waals surface area contributed by atoms with Gasteiger partial charge >= 0.3 is 0 Å². The van der Waals surface area contributed by atoms with Gasteiger partial charge in [0, 0.05) is 25.5 Å². The molecule has 2 aromatic rings. The summed E-state index contributed by atoms with van der Waals surface area (Å²) in [4.78, 5) is 14.1. The van der Waals surface area contributed by atoms with E-state index in [0.717, 1.165) is 28.3 Å². The number of rotatable bonds is 5. The summed E-state index contributed by atoms with van der Waals surface area (Å²) in [6, 6.07) is 11.8. The molecule has 2 aromatic carbocycles. The van der Waals surface area contributed by atoms with Crippen LogP contribution in [0.15, 0.2) is 36.4 Å². The Kier molecular flexibility index (Phi) is 5.27. The quantitative estimate of drug-likeness (QED) is 0.915. The van der Waals surface area contributed by atoms with Gasteiger partial charge in [-0.2, -0.15) is 0 Å². The predicted octanol–water partition coefficient (Wildman–Crippen LogP) is 3.70. The van der Waals surface area contributed by atoms with E-state index >= 15 is 0 Å². The van der Waals surface area contributed by atoms with E-state index in [1.807, 2.05) is 70.1 Å². The van der Waals surface area contributed by atoms with Crippen molar-refractivity contribution in [3.05, 3.63) is 53.1 Å². The van der Waals surface area contributed by atoms with Crippen molar-refractivity contribution in [2.45, 2.75) is 20.8 Å². The highest BCUT2D eigenvalue weighted by Gasteiger charge is 2.08. The standard InChI is InChI=1S/C19H24N2O2/c1-13-10-14(2)15(3)18(11-13)23-12-19(22)20-16-6-8-17(9-7-16)21(4)5/h6-11H,12H2,1-5H3,(H,20,22). The normalized spacial score (nSPS) is 10.3. The molecule has 0 bridgehead atoms. The van der Waals surface area contributed by atoms with Crippen LogP contribution in [0.1, 0.15) is 16.7 Å². The van der Waals surface area contributed by atoms with Crippen LogP contribution >= 0.6 is 0 Å². The molecule has 0 heterocycles. The smallest absolute Gasteiger partial charge is 0.262 e. The minimum atomic E-state index is -0.166. The largest absolute Gasteiger partial charge is 0.483 e. The summed E-state index contributed by atoms with van der Waals surface area (Å²) in [5.41, 5.74) is 5.22. The van der Waals surface area contributed by atoms with Gasteiger partial charge in [0.25, 0.3) is 5.91 Å². The molecule has 0 saturated heterocycles. The number of amides is 1. The second-order valence-corrected chi connectivity index (χ2v) is 5.98. The van der Waals surface area contributed by atoms with Crippen molar-refractivity contribution in [2.24, 2.45) is 0 Å². The number of benzene rings is 2. The first-order valence-electron chi connectivity index (χ1n) is 7.64. The summed E-state index contributed by atoms with van der Waals surface area (Å²) in [6.45, 7) is 6.06. The number of hydrogen-bond acceptors (Lipinski definition) is 3. The number of nitrogens with zero attached hydrogens (tertiary/aromatic N) is 1. The van der Waals surface area contributed by atoms with E-state index < -0.39 is 0 Å². The van der Waals surface area contributed by atoms with Crippen LogP contribution in [0.5, 0.6) is 5.75 Å². The van der Waals surface area contributed by atoms with E-state index in [4.69, 9.17) is 4.74 Å². The average Bonchev–Trinajstić information content (AvgIpc) is 2.50. The minimum absolute atomic E-state index is 0.000828. The van der Waals surface area contributed by atoms with Gasteiger partial charge in [-0.15, -0.1) is 0 Å². The molecule has 0 aliphatic carbocycles. The molecule has 4 nitrogen and oxygen atoms in total. The Morgan fingerprint density at radius 3 is 2.35 bits per heavy atom. The van der Waals surface area contributed by atoms with Crippen molar-refractivity contribution in [1.29, 1.82) is 0 Å². The summed E-state index contributed by atoms with van der Waals surface area (Å²) in [6.07, 6.45) is 0. The van der Waals surface area contributed by atoms with Gasteiger partial charge in [0.15, 0.2) is 6.61 Å². The molecule has 0 spiro atoms. The van der Waals surface area contributed by atoms with E-state index in [0.29, 0.717) is 0 Å². The fourth-order valence-electron chi connectivity index (χ4n) is 2.33. The summed E-state index contributed by atoms with van der Waals surface area (Å²) >= 11 is 0. The molecular formula is C19H24N2O2. The van der Waals surface area contributed by atoms with E-state index in [1.165, 1.54) is 5.56 Å². The third kappa shape index (κ3) is 4.49. The zero-order valence-electron chi connectivity index (χ0n) is 14.4. The van der Waals surface area contributed by atoms with Crippen molar-refractivity contribution in [3.8, 4) is 5.75 Å². The lowest BCUT2D eigenvalue weighted by atomic mass is 10.1. The van der Waals surface area contributed by atoms with Crippen molar-refractivity contribution in [3.63, 3.8) is 0 Å². The molecule has 0 aliphatic rings. The average molecular weight is 312 g/mol. The maximum atomic E-state index is 12.0. The molecule has 1 amide bonds. The topological polar surface area (TPSA) is 41.6 Å². The van der Waals surface area contributed by atoms with E-state index in [9.17, 15) is 4.79 Å². The van der Waals surface area contributed by atoms with Crippen LogP contribution in [0.25, 0.3) is 0 Å². The summed E-state index contributed by atoms with van der Waals surface area (Å²) in [5, 5.41) is 2.84. The number of carbonyl (C=O) groups is 1. The highest BCUT2D eigenvalue weighted by atomic mass is 16.5. The highest BCUT2D eigenvalue weighted by molar-refractivity contribution is 5.92. The lowest BCUT2D eigenvalue weighted by Gasteiger charge is -2.14. The zero-order valence-corrected chi connectivity index (χ0v) is 14.4. The van der Waals surface area contributed by atoms with Gasteiger partial charge in [-0.1, -0.05) is 6.07 Å². The van der Waals surface area contributed by atoms with Crippen LogP contribution in [0.3, 0.4) is 0 Å². The van der Waals surface area contributed by atoms with Crippen molar-refractivity contribution < 1.29 is 9.53 Å². The summed E-state index contributed by atoms with van der Waals surface area (Å²) in [7, 11) is 3.96. The maximum absolute atomic E-state index is 12.0. The molecule has 4 heteroatoms. The van der Waals surface area contributed by atoms with E-state index in [1.54, 1.807) is 0 Å². The van der Waals surface area contributed by atoms with Crippen LogP contribution in [-0.4, -0.2) is 26.6 Å². The lowest BCUT2D eigenvalue weighted by molar-refractivity contribution is -0.118. The van der Waals surface area contributed by atoms with Gasteiger partial charge in [0.05, 0.1) is 0 Å². The molecule has 0 radical (unpaired) electrons. The Bertz CT molecular complexity index is 691. The highest BCUT2D eigenvalue weighted by Crippen LogP contribution is 2.23. The van der Waals surface area contributed by atoms with Gasteiger partial charge in [-0.25, -0.2) is 0 Å². The predicted molar refractivity (Wildman–Crippen MR) is 95.5 cm³/mol. The number of anilines is 2. The van der Waals surface area contributed by atoms with Crippen LogP contribution in [0.4, 0.5) is 11.4 Å². The lowest BCUT2D eigenvalue weighted by Crippen LogP contribution is -2.20. The van der Waals surface area contributed by atoms with Gasteiger partial charge in [0.2, 0.25) is 0 Å². The Balaban J connectivity index is 1.95. The fraction of sp³-hybridized carbons (Fsp3) is 0.316. The molecule has 0 fully saturated rings. The number of aryl methyl sites for hydroxylation is 2. The summed E-state index contributed by atoms with van der Waals surface area (Å²) in [5.74, 6) is 0.599. The number of nitrogens with one attached hydrogen (secondary N) is 1. The first-order chi connectivity index (χ1) is 10.9. The second-order valence-electron chi connectivity index (χ2n) is 5.98. The van der Waals surface area contributed by atoms with E-state index in [2.05, 4.69) is 11.4 Å². The first-order valence-corrected chi connectivity index (χ1v) is 7.64. The molecule has 0 saturated carbocycles. The van der Waals surface area contributed by atoms with Gasteiger partial charge in [-0.3, -0.25) is 4.79 Å². The number of hydrogen-bond donors (Lipinski definition) is 1. The van der Waals surface area contributed by atoms with Crippen LogP contribution < -0.4 is 15.0 Å². The summed E-state index contributed by atoms with van der Waals surface area (Å²) < 4.78 is 5.67. The molecule has 0 unspecified atom stereocenters. The SMILES string of the molecule is Cc1cc(C)c(C)c(OCC(=O)Nc2ccc(N(C)C)cc2)c1. The van der Waals surface area contributed by atoms with Crippen molar-refractivity contribution in [1.82, 2.24) is 0 Å². The molecule has 0 atom stereocenters. The van der Waals surface area contributed by atoms with Gasteiger partial charge < -0.3 is 15.0 Å². The third-order valence-electron chi connectivity index (χ3n) is 3.79. The fourth-order valence-corrected chi connectivity index (χ4v) is 2.33. The molecule has 2 rings (SSSR count). The first kappa shape index (κ1) is 16.9. The van der Waals surface area contributed by atoms with Gasteiger partial charge in [-0.05, 0) is 67.8 Å². The van der Waals surface area contributed by atoms with E-state index in [-0.39, 0.29) is 12.5 Å². The van der Waals surface area contributed by atoms with Crippen LogP contribution in [0, 0.1) is 20.8 Å². The maximum Gasteiger partial charge on any atom is 0.262 e. The molecule has 0 aliphatic heterocycles. The Morgan fingerprint density at radius 2 is 1.74 bits per heavy atom. The Labute approximate surface area is 138 Å². The Hall–Kier alpha value is -2.49. The zero-order chi connectivity index (χ0) is 17.0. The monoisotopic (exact) mass is 312 g/mol. The number of carbonyl (C=O) groups excluding carboxylic acids is 1. The molecule has 1 N–H and O–H groups in total. The van der Waals surface area contributed by atoms with Crippen molar-refractivity contribution >= 4 is 17.3 Å². The Morgan fingerprint density at radius 1 is 1.09 bits per heavy atom. The van der Waals surface area contributed by atoms with Gasteiger partial charge in [0.1, 0.15) is 5.75 Å². The second kappa shape index (κ2) is 7.18. The molecular weight excluding hydrogens is 288 g/mol. The molecule has 0 aromatic heterocycles. The molecule has 122 valence electrons. The minimum Gasteiger partial charge on any atom is -0.483 e. The number of ether oxygens (including phenoxy) is 1. The van der Waals surface area contributed by atoms with Crippen LogP contribution in [-0.2, 0) is 4.79 Å².